The van der Waals surface area contributed by atoms with E-state index >= 15 is 0 Å². The van der Waals surface area contributed by atoms with E-state index in [1.54, 1.807) is 26.6 Å². The highest BCUT2D eigenvalue weighted by Crippen LogP contribution is 2.07. The molecule has 0 aromatic rings. The van der Waals surface area contributed by atoms with Crippen LogP contribution in [-0.4, -0.2) is 14.2 Å². The fourth-order valence-electron chi connectivity index (χ4n) is 0.822. The fraction of sp³-hybridized carbons (Fsp3) is 0.400. The molecule has 0 fully saturated rings. The van der Waals surface area contributed by atoms with Crippen molar-refractivity contribution in [3.8, 4) is 0 Å². The molecule has 0 radical (unpaired) electrons. The quantitative estimate of drug-likeness (QED) is 0.474. The Bertz CT molecular complexity index is 200. The third-order valence-corrected chi connectivity index (χ3v) is 1.38. The largest absolute Gasteiger partial charge is 0.504 e. The third-order valence-electron chi connectivity index (χ3n) is 1.38. The van der Waals surface area contributed by atoms with Gasteiger partial charge < -0.3 is 9.47 Å². The van der Waals surface area contributed by atoms with E-state index in [4.69, 9.17) is 9.47 Å². The summed E-state index contributed by atoms with van der Waals surface area (Å²) in [6.45, 7) is 3.95. The molecule has 2 nitrogen and oxygen atoms in total. The van der Waals surface area contributed by atoms with Gasteiger partial charge in [-0.1, -0.05) is 12.2 Å². The summed E-state index contributed by atoms with van der Waals surface area (Å²) >= 11 is 0. The summed E-state index contributed by atoms with van der Waals surface area (Å²) in [4.78, 5) is 0. The lowest BCUT2D eigenvalue weighted by molar-refractivity contribution is 0.294. The third kappa shape index (κ3) is 3.86. The van der Waals surface area contributed by atoms with Crippen molar-refractivity contribution in [2.45, 2.75) is 13.8 Å². The van der Waals surface area contributed by atoms with Gasteiger partial charge in [-0.15, -0.1) is 0 Å². The van der Waals surface area contributed by atoms with Crippen LogP contribution in [0.1, 0.15) is 13.8 Å². The Morgan fingerprint density at radius 1 is 1.17 bits per heavy atom. The van der Waals surface area contributed by atoms with E-state index in [1.165, 1.54) is 0 Å². The van der Waals surface area contributed by atoms with Crippen LogP contribution >= 0.6 is 0 Å². The molecule has 0 saturated heterocycles. The molecule has 0 aliphatic heterocycles. The molecular weight excluding hydrogens is 152 g/mol. The van der Waals surface area contributed by atoms with Gasteiger partial charge in [0.2, 0.25) is 0 Å². The second kappa shape index (κ2) is 6.53. The van der Waals surface area contributed by atoms with Crippen molar-refractivity contribution in [1.29, 1.82) is 0 Å². The monoisotopic (exact) mass is 168 g/mol. The van der Waals surface area contributed by atoms with Crippen molar-refractivity contribution in [2.24, 2.45) is 0 Å². The molecule has 0 N–H and O–H groups in total. The zero-order chi connectivity index (χ0) is 9.40. The van der Waals surface area contributed by atoms with E-state index in [2.05, 4.69) is 0 Å². The van der Waals surface area contributed by atoms with Crippen LogP contribution in [0.4, 0.5) is 0 Å². The predicted octanol–water partition coefficient (Wildman–Crippen LogP) is 2.64. The summed E-state index contributed by atoms with van der Waals surface area (Å²) in [6, 6.07) is 0. The van der Waals surface area contributed by atoms with Gasteiger partial charge in [0, 0.05) is 6.08 Å². The van der Waals surface area contributed by atoms with Gasteiger partial charge in [0.25, 0.3) is 0 Å². The molecule has 0 spiro atoms. The summed E-state index contributed by atoms with van der Waals surface area (Å²) in [5, 5.41) is 0. The summed E-state index contributed by atoms with van der Waals surface area (Å²) < 4.78 is 9.91. The summed E-state index contributed by atoms with van der Waals surface area (Å²) in [5.41, 5.74) is 1.08. The first-order chi connectivity index (χ1) is 5.76. The SMILES string of the molecule is CC=CC(C)=C(C=COC)OC. The van der Waals surface area contributed by atoms with E-state index in [9.17, 15) is 0 Å². The molecule has 0 saturated carbocycles. The molecule has 0 aromatic heterocycles. The molecule has 12 heavy (non-hydrogen) atoms. The zero-order valence-electron chi connectivity index (χ0n) is 8.13. The van der Waals surface area contributed by atoms with Crippen molar-refractivity contribution in [3.05, 3.63) is 35.8 Å². The number of allylic oxidation sites excluding steroid dienone is 4. The Morgan fingerprint density at radius 2 is 1.83 bits per heavy atom. The van der Waals surface area contributed by atoms with E-state index in [0.717, 1.165) is 11.3 Å². The van der Waals surface area contributed by atoms with Gasteiger partial charge in [0.05, 0.1) is 20.5 Å². The van der Waals surface area contributed by atoms with Crippen LogP contribution in [0.3, 0.4) is 0 Å². The summed E-state index contributed by atoms with van der Waals surface area (Å²) in [5.74, 6) is 0.815. The standard InChI is InChI=1S/C10H16O2/c1-5-6-9(2)10(12-4)7-8-11-3/h5-8H,1-4H3. The van der Waals surface area contributed by atoms with Crippen LogP contribution in [0.25, 0.3) is 0 Å². The molecule has 0 atom stereocenters. The van der Waals surface area contributed by atoms with Crippen LogP contribution in [-0.2, 0) is 9.47 Å². The number of ether oxygens (including phenoxy) is 2. The topological polar surface area (TPSA) is 18.5 Å². The van der Waals surface area contributed by atoms with Crippen LogP contribution < -0.4 is 0 Å². The first-order valence-corrected chi connectivity index (χ1v) is 3.83. The van der Waals surface area contributed by atoms with Crippen LogP contribution in [0.15, 0.2) is 35.8 Å². The molecule has 0 aromatic carbocycles. The summed E-state index contributed by atoms with van der Waals surface area (Å²) in [6.07, 6.45) is 7.33. The predicted molar refractivity (Wildman–Crippen MR) is 50.7 cm³/mol. The minimum Gasteiger partial charge on any atom is -0.504 e. The Balaban J connectivity index is 4.49. The van der Waals surface area contributed by atoms with Crippen molar-refractivity contribution < 1.29 is 9.47 Å². The molecule has 0 aliphatic carbocycles. The smallest absolute Gasteiger partial charge is 0.124 e. The van der Waals surface area contributed by atoms with Crippen LogP contribution in [0.5, 0.6) is 0 Å². The first-order valence-electron chi connectivity index (χ1n) is 3.83. The number of hydrogen-bond acceptors (Lipinski definition) is 2. The maximum absolute atomic E-state index is 5.13. The van der Waals surface area contributed by atoms with Crippen molar-refractivity contribution in [2.75, 3.05) is 14.2 Å². The lowest BCUT2D eigenvalue weighted by Crippen LogP contribution is -1.86. The Morgan fingerprint density at radius 3 is 2.25 bits per heavy atom. The van der Waals surface area contributed by atoms with Gasteiger partial charge >= 0.3 is 0 Å². The lowest BCUT2D eigenvalue weighted by Gasteiger charge is -2.02. The van der Waals surface area contributed by atoms with E-state index < -0.39 is 0 Å². The average molecular weight is 168 g/mol. The highest BCUT2D eigenvalue weighted by molar-refractivity contribution is 5.26. The van der Waals surface area contributed by atoms with Crippen molar-refractivity contribution >= 4 is 0 Å². The zero-order valence-corrected chi connectivity index (χ0v) is 8.13. The number of hydrogen-bond donors (Lipinski definition) is 0. The van der Waals surface area contributed by atoms with Crippen molar-refractivity contribution in [1.82, 2.24) is 0 Å². The Hall–Kier alpha value is -1.18. The normalized spacial score (nSPS) is 13.7. The molecule has 0 aliphatic rings. The number of methoxy groups -OCH3 is 2. The van der Waals surface area contributed by atoms with E-state index in [1.807, 2.05) is 26.0 Å². The van der Waals surface area contributed by atoms with Gasteiger partial charge in [-0.25, -0.2) is 0 Å². The van der Waals surface area contributed by atoms with E-state index in [-0.39, 0.29) is 0 Å². The second-order valence-corrected chi connectivity index (χ2v) is 2.29. The highest BCUT2D eigenvalue weighted by Gasteiger charge is 1.93. The Labute approximate surface area is 74.2 Å². The highest BCUT2D eigenvalue weighted by atomic mass is 16.5. The van der Waals surface area contributed by atoms with Gasteiger partial charge in [0.1, 0.15) is 5.76 Å². The molecule has 2 heteroatoms. The molecule has 0 unspecified atom stereocenters. The minimum absolute atomic E-state index is 0.815. The molecule has 0 rings (SSSR count). The molecule has 68 valence electrons. The Kier molecular flexibility index (Phi) is 5.88. The van der Waals surface area contributed by atoms with Crippen LogP contribution in [0, 0.1) is 0 Å². The maximum Gasteiger partial charge on any atom is 0.124 e. The fourth-order valence-corrected chi connectivity index (χ4v) is 0.822. The number of rotatable bonds is 4. The lowest BCUT2D eigenvalue weighted by atomic mass is 10.2. The molecule has 0 amide bonds. The van der Waals surface area contributed by atoms with Crippen molar-refractivity contribution in [3.63, 3.8) is 0 Å². The van der Waals surface area contributed by atoms with Crippen LogP contribution in [0.2, 0.25) is 0 Å². The van der Waals surface area contributed by atoms with E-state index in [0.29, 0.717) is 0 Å². The molecular formula is C10H16O2. The second-order valence-electron chi connectivity index (χ2n) is 2.29. The average Bonchev–Trinajstić information content (AvgIpc) is 2.06. The maximum atomic E-state index is 5.13. The molecule has 0 heterocycles. The van der Waals surface area contributed by atoms with Gasteiger partial charge in [0.15, 0.2) is 0 Å². The van der Waals surface area contributed by atoms with Gasteiger partial charge in [-0.3, -0.25) is 0 Å². The van der Waals surface area contributed by atoms with Gasteiger partial charge in [-0.2, -0.15) is 0 Å². The van der Waals surface area contributed by atoms with Gasteiger partial charge in [-0.05, 0) is 19.4 Å². The molecule has 0 bridgehead atoms. The first kappa shape index (κ1) is 10.8. The minimum atomic E-state index is 0.815. The summed E-state index contributed by atoms with van der Waals surface area (Å²) in [7, 11) is 3.25.